The first-order chi connectivity index (χ1) is 37.2. The van der Waals surface area contributed by atoms with Gasteiger partial charge in [-0.25, -0.2) is 4.57 Å². The number of aliphatic hydroxyl groups excluding tert-OH is 1. The van der Waals surface area contributed by atoms with Crippen molar-refractivity contribution in [3.8, 4) is 0 Å². The highest BCUT2D eigenvalue weighted by Gasteiger charge is 2.28. The van der Waals surface area contributed by atoms with Crippen LogP contribution in [0.15, 0.2) is 0 Å². The summed E-state index contributed by atoms with van der Waals surface area (Å²) in [6.45, 7) is 4.75. The molecule has 0 saturated heterocycles. The molecule has 0 aromatic heterocycles. The maximum absolute atomic E-state index is 13.0. The Kier molecular flexibility index (Phi) is 58.4. The van der Waals surface area contributed by atoms with Crippen LogP contribution in [0, 0.1) is 0 Å². The second kappa shape index (κ2) is 59.6. The van der Waals surface area contributed by atoms with E-state index in [1.165, 1.54) is 238 Å². The first-order valence-electron chi connectivity index (χ1n) is 32.9. The number of aliphatic hydroxyl groups is 1. The molecular weight excluding hydrogens is 976 g/mol. The minimum absolute atomic E-state index is 0.179. The smallest absolute Gasteiger partial charge is 0.462 e. The molecule has 0 aromatic rings. The van der Waals surface area contributed by atoms with Crippen LogP contribution < -0.4 is 0 Å². The molecule has 0 heterocycles. The predicted molar refractivity (Wildman–Crippen MR) is 317 cm³/mol. The van der Waals surface area contributed by atoms with Crippen molar-refractivity contribution in [1.29, 1.82) is 0 Å². The van der Waals surface area contributed by atoms with Crippen molar-refractivity contribution in [2.45, 2.75) is 367 Å². The lowest BCUT2D eigenvalue weighted by atomic mass is 10.0. The molecule has 0 rings (SSSR count). The fraction of sp³-hybridized carbons (Fsp3) is 0.953. The Hall–Kier alpha value is -1.52. The molecule has 3 unspecified atom stereocenters. The summed E-state index contributed by atoms with van der Waals surface area (Å²) in [5, 5.41) is 9.84. The number of hydrogen-bond acceptors (Lipinski definition) is 10. The van der Waals surface area contributed by atoms with E-state index in [-0.39, 0.29) is 25.9 Å². The van der Waals surface area contributed by atoms with E-state index in [0.717, 1.165) is 57.8 Å². The predicted octanol–water partition coefficient (Wildman–Crippen LogP) is 19.8. The number of unbranched alkanes of at least 4 members (excludes halogenated alkanes) is 46. The van der Waals surface area contributed by atoms with Gasteiger partial charge in [0.05, 0.1) is 19.8 Å². The highest BCUT2D eigenvalue weighted by molar-refractivity contribution is 7.47. The normalized spacial score (nSPS) is 13.2. The molecule has 0 saturated carbocycles. The quantitative estimate of drug-likeness (QED) is 0.0259. The van der Waals surface area contributed by atoms with E-state index in [9.17, 15) is 28.9 Å². The minimum Gasteiger partial charge on any atom is -0.462 e. The monoisotopic (exact) mass is 1100 g/mol. The largest absolute Gasteiger partial charge is 0.472 e. The Morgan fingerprint density at radius 1 is 0.316 bits per heavy atom. The number of hydrogen-bond donors (Lipinski definition) is 2. The van der Waals surface area contributed by atoms with Crippen LogP contribution in [0.2, 0.25) is 0 Å². The Labute approximate surface area is 469 Å². The SMILES string of the molecule is CCCCCCCCCCCCCCCCCCCCCC(=O)OC(COC(=O)CCCCCCCCCCCCCCCCCCC)COP(=O)(O)OCC(CO)OC(=O)CCCCCCCCCCCCCCC. The van der Waals surface area contributed by atoms with Crippen molar-refractivity contribution in [3.05, 3.63) is 0 Å². The molecule has 0 aliphatic heterocycles. The molecule has 0 spiro atoms. The van der Waals surface area contributed by atoms with Crippen molar-refractivity contribution >= 4 is 25.7 Å². The van der Waals surface area contributed by atoms with Crippen LogP contribution in [0.3, 0.4) is 0 Å². The van der Waals surface area contributed by atoms with E-state index >= 15 is 0 Å². The van der Waals surface area contributed by atoms with Crippen molar-refractivity contribution in [2.75, 3.05) is 26.4 Å². The first kappa shape index (κ1) is 74.5. The van der Waals surface area contributed by atoms with E-state index in [2.05, 4.69) is 20.8 Å². The zero-order valence-corrected chi connectivity index (χ0v) is 51.2. The molecule has 76 heavy (non-hydrogen) atoms. The molecule has 0 aromatic carbocycles. The summed E-state index contributed by atoms with van der Waals surface area (Å²) in [6, 6.07) is 0. The molecule has 0 radical (unpaired) electrons. The van der Waals surface area contributed by atoms with Gasteiger partial charge in [0.1, 0.15) is 12.7 Å². The number of ether oxygens (including phenoxy) is 3. The summed E-state index contributed by atoms with van der Waals surface area (Å²) in [5.41, 5.74) is 0. The van der Waals surface area contributed by atoms with Gasteiger partial charge in [-0.3, -0.25) is 23.4 Å². The standard InChI is InChI=1S/C64H125O11P/c1-4-7-10-13-16-19-22-25-27-29-30-32-34-37-40-43-46-49-52-55-64(68)75-61(57-71-62(66)53-50-47-44-41-38-36-33-31-28-26-23-20-17-14-11-8-5-2)59-73-76(69,70)72-58-60(56-65)74-63(67)54-51-48-45-42-39-35-24-21-18-15-12-9-6-3/h60-61,65H,4-59H2,1-3H3,(H,69,70). The van der Waals surface area contributed by atoms with Gasteiger partial charge in [-0.2, -0.15) is 0 Å². The van der Waals surface area contributed by atoms with Gasteiger partial charge < -0.3 is 24.2 Å². The van der Waals surface area contributed by atoms with Gasteiger partial charge in [0, 0.05) is 19.3 Å². The highest BCUT2D eigenvalue weighted by Crippen LogP contribution is 2.43. The summed E-state index contributed by atoms with van der Waals surface area (Å²) < 4.78 is 39.7. The fourth-order valence-corrected chi connectivity index (χ4v) is 10.8. The van der Waals surface area contributed by atoms with Crippen LogP contribution in [-0.2, 0) is 42.2 Å². The molecule has 0 aliphatic rings. The van der Waals surface area contributed by atoms with Crippen molar-refractivity contribution < 1.29 is 52.2 Å². The summed E-state index contributed by atoms with van der Waals surface area (Å²) in [4.78, 5) is 48.7. The Morgan fingerprint density at radius 2 is 0.526 bits per heavy atom. The van der Waals surface area contributed by atoms with Gasteiger partial charge in [0.2, 0.25) is 0 Å². The molecule has 11 nitrogen and oxygen atoms in total. The zero-order chi connectivity index (χ0) is 55.5. The Morgan fingerprint density at radius 3 is 0.776 bits per heavy atom. The zero-order valence-electron chi connectivity index (χ0n) is 50.3. The van der Waals surface area contributed by atoms with Crippen molar-refractivity contribution in [1.82, 2.24) is 0 Å². The summed E-state index contributed by atoms with van der Waals surface area (Å²) >= 11 is 0. The third-order valence-electron chi connectivity index (χ3n) is 15.0. The lowest BCUT2D eigenvalue weighted by Crippen LogP contribution is -2.30. The lowest BCUT2D eigenvalue weighted by molar-refractivity contribution is -0.161. The van der Waals surface area contributed by atoms with E-state index in [4.69, 9.17) is 23.3 Å². The molecule has 12 heteroatoms. The highest BCUT2D eigenvalue weighted by atomic mass is 31.2. The van der Waals surface area contributed by atoms with E-state index in [1.807, 2.05) is 0 Å². The second-order valence-corrected chi connectivity index (χ2v) is 24.1. The molecule has 0 bridgehead atoms. The summed E-state index contributed by atoms with van der Waals surface area (Å²) in [6.07, 6.45) is 59.1. The molecular formula is C64H125O11P. The van der Waals surface area contributed by atoms with Gasteiger partial charge >= 0.3 is 25.7 Å². The molecule has 0 amide bonds. The van der Waals surface area contributed by atoms with Gasteiger partial charge in [0.25, 0.3) is 0 Å². The van der Waals surface area contributed by atoms with Crippen molar-refractivity contribution in [3.63, 3.8) is 0 Å². The number of carbonyl (C=O) groups is 3. The maximum Gasteiger partial charge on any atom is 0.472 e. The van der Waals surface area contributed by atoms with Crippen LogP contribution in [0.4, 0.5) is 0 Å². The molecule has 3 atom stereocenters. The lowest BCUT2D eigenvalue weighted by Gasteiger charge is -2.21. The number of rotatable bonds is 63. The van der Waals surface area contributed by atoms with E-state index in [0.29, 0.717) is 19.3 Å². The van der Waals surface area contributed by atoms with Crippen molar-refractivity contribution in [2.24, 2.45) is 0 Å². The van der Waals surface area contributed by atoms with E-state index < -0.39 is 57.8 Å². The number of carbonyl (C=O) groups excluding carboxylic acids is 3. The summed E-state index contributed by atoms with van der Waals surface area (Å²) in [7, 11) is -4.74. The second-order valence-electron chi connectivity index (χ2n) is 22.7. The average molecular weight is 1100 g/mol. The third-order valence-corrected chi connectivity index (χ3v) is 16.0. The number of phosphoric acid groups is 1. The van der Waals surface area contributed by atoms with Gasteiger partial charge in [-0.05, 0) is 19.3 Å². The molecule has 452 valence electrons. The molecule has 0 aliphatic carbocycles. The third kappa shape index (κ3) is 57.2. The Bertz CT molecular complexity index is 1280. The van der Waals surface area contributed by atoms with Crippen LogP contribution in [-0.4, -0.2) is 66.5 Å². The van der Waals surface area contributed by atoms with Crippen LogP contribution in [0.1, 0.15) is 355 Å². The Balaban J connectivity index is 4.62. The molecule has 2 N–H and O–H groups in total. The minimum atomic E-state index is -4.74. The first-order valence-corrected chi connectivity index (χ1v) is 34.4. The number of phosphoric ester groups is 1. The number of esters is 3. The maximum atomic E-state index is 13.0. The van der Waals surface area contributed by atoms with Gasteiger partial charge in [0.15, 0.2) is 6.10 Å². The summed E-state index contributed by atoms with van der Waals surface area (Å²) in [5.74, 6) is -1.42. The fourth-order valence-electron chi connectivity index (χ4n) is 10.0. The van der Waals surface area contributed by atoms with Gasteiger partial charge in [-0.1, -0.05) is 316 Å². The molecule has 0 fully saturated rings. The topological polar surface area (TPSA) is 155 Å². The van der Waals surface area contributed by atoms with E-state index in [1.54, 1.807) is 0 Å². The van der Waals surface area contributed by atoms with Crippen LogP contribution in [0.5, 0.6) is 0 Å². The average Bonchev–Trinajstić information content (AvgIpc) is 3.41. The van der Waals surface area contributed by atoms with Crippen LogP contribution >= 0.6 is 7.82 Å². The van der Waals surface area contributed by atoms with Crippen LogP contribution in [0.25, 0.3) is 0 Å². The van der Waals surface area contributed by atoms with Gasteiger partial charge in [-0.15, -0.1) is 0 Å².